The molecule has 0 saturated carbocycles. The van der Waals surface area contributed by atoms with Crippen LogP contribution < -0.4 is 10.1 Å². The third-order valence-electron chi connectivity index (χ3n) is 3.20. The second-order valence-corrected chi connectivity index (χ2v) is 4.87. The van der Waals surface area contributed by atoms with E-state index in [1.54, 1.807) is 0 Å². The molecule has 1 aromatic carbocycles. The lowest BCUT2D eigenvalue weighted by Gasteiger charge is -2.10. The van der Waals surface area contributed by atoms with Crippen molar-refractivity contribution in [1.82, 2.24) is 15.0 Å². The first kappa shape index (κ1) is 16.0. The zero-order valence-electron chi connectivity index (χ0n) is 12.4. The fraction of sp³-hybridized carbons (Fsp3) is 0.188. The van der Waals surface area contributed by atoms with Gasteiger partial charge in [0, 0.05) is 11.5 Å². The van der Waals surface area contributed by atoms with E-state index >= 15 is 0 Å². The van der Waals surface area contributed by atoms with Crippen molar-refractivity contribution in [3.8, 4) is 5.88 Å². The Morgan fingerprint density at radius 1 is 1.00 bits per heavy atom. The average molecular weight is 334 g/mol. The van der Waals surface area contributed by atoms with Crippen LogP contribution in [0.25, 0.3) is 10.9 Å². The summed E-state index contributed by atoms with van der Waals surface area (Å²) in [6.45, 7) is 0.506. The number of fused-ring (bicyclic) bond motifs is 1. The lowest BCUT2D eigenvalue weighted by Crippen LogP contribution is -2.14. The lowest BCUT2D eigenvalue weighted by molar-refractivity contribution is -0.141. The summed E-state index contributed by atoms with van der Waals surface area (Å²) in [6.07, 6.45) is -3.04. The van der Waals surface area contributed by atoms with E-state index in [1.165, 1.54) is 18.5 Å². The van der Waals surface area contributed by atoms with Gasteiger partial charge in [0.1, 0.15) is 24.4 Å². The molecule has 0 spiro atoms. The van der Waals surface area contributed by atoms with Gasteiger partial charge in [0.2, 0.25) is 5.88 Å². The van der Waals surface area contributed by atoms with Crippen molar-refractivity contribution < 1.29 is 17.9 Å². The minimum Gasteiger partial charge on any atom is -0.476 e. The van der Waals surface area contributed by atoms with Gasteiger partial charge in [0.25, 0.3) is 0 Å². The molecule has 0 aliphatic heterocycles. The molecular weight excluding hydrogens is 321 g/mol. The van der Waals surface area contributed by atoms with Crippen LogP contribution in [0.15, 0.2) is 48.8 Å². The minimum atomic E-state index is -4.49. The molecule has 0 bridgehead atoms. The van der Waals surface area contributed by atoms with Gasteiger partial charge >= 0.3 is 6.18 Å². The van der Waals surface area contributed by atoms with E-state index in [4.69, 9.17) is 4.74 Å². The molecule has 2 aromatic heterocycles. The Bertz CT molecular complexity index is 833. The van der Waals surface area contributed by atoms with Crippen LogP contribution in [0, 0.1) is 0 Å². The summed E-state index contributed by atoms with van der Waals surface area (Å²) in [6, 6.07) is 11.0. The molecule has 1 N–H and O–H groups in total. The zero-order valence-corrected chi connectivity index (χ0v) is 12.4. The van der Waals surface area contributed by atoms with Crippen LogP contribution in [-0.2, 0) is 6.18 Å². The molecule has 8 heteroatoms. The maximum Gasteiger partial charge on any atom is 0.433 e. The van der Waals surface area contributed by atoms with Crippen molar-refractivity contribution in [1.29, 1.82) is 0 Å². The molecule has 0 aliphatic rings. The molecule has 0 aliphatic carbocycles. The van der Waals surface area contributed by atoms with E-state index in [2.05, 4.69) is 20.3 Å². The number of benzene rings is 1. The van der Waals surface area contributed by atoms with E-state index in [-0.39, 0.29) is 12.5 Å². The van der Waals surface area contributed by atoms with Gasteiger partial charge in [-0.05, 0) is 18.2 Å². The number of para-hydroxylation sites is 1. The molecule has 0 fully saturated rings. The number of nitrogens with zero attached hydrogens (tertiary/aromatic N) is 3. The maximum absolute atomic E-state index is 12.6. The van der Waals surface area contributed by atoms with Gasteiger partial charge in [-0.25, -0.2) is 15.0 Å². The molecule has 3 aromatic rings. The molecule has 0 unspecified atom stereocenters. The fourth-order valence-corrected chi connectivity index (χ4v) is 2.12. The summed E-state index contributed by atoms with van der Waals surface area (Å²) in [5.41, 5.74) is -0.176. The predicted molar refractivity (Wildman–Crippen MR) is 82.8 cm³/mol. The number of pyridine rings is 1. The first-order chi connectivity index (χ1) is 11.5. The van der Waals surface area contributed by atoms with Gasteiger partial charge in [-0.1, -0.05) is 18.2 Å². The Kier molecular flexibility index (Phi) is 4.45. The Hall–Kier alpha value is -2.90. The third-order valence-corrected chi connectivity index (χ3v) is 3.20. The van der Waals surface area contributed by atoms with Crippen LogP contribution in [0.4, 0.5) is 19.0 Å². The fourth-order valence-electron chi connectivity index (χ4n) is 2.12. The molecular formula is C16H13F3N4O. The van der Waals surface area contributed by atoms with Gasteiger partial charge in [0.15, 0.2) is 0 Å². The highest BCUT2D eigenvalue weighted by atomic mass is 19.4. The van der Waals surface area contributed by atoms with Gasteiger partial charge in [-0.3, -0.25) is 0 Å². The van der Waals surface area contributed by atoms with Crippen LogP contribution in [-0.4, -0.2) is 28.1 Å². The monoisotopic (exact) mass is 334 g/mol. The number of anilines is 1. The summed E-state index contributed by atoms with van der Waals surface area (Å²) < 4.78 is 43.0. The highest BCUT2D eigenvalue weighted by Crippen LogP contribution is 2.28. The third kappa shape index (κ3) is 3.70. The zero-order chi connectivity index (χ0) is 17.0. The Morgan fingerprint density at radius 3 is 2.67 bits per heavy atom. The number of hydrogen-bond donors (Lipinski definition) is 1. The second-order valence-electron chi connectivity index (χ2n) is 4.87. The smallest absolute Gasteiger partial charge is 0.433 e. The molecule has 0 amide bonds. The van der Waals surface area contributed by atoms with Crippen molar-refractivity contribution in [3.63, 3.8) is 0 Å². The lowest BCUT2D eigenvalue weighted by atomic mass is 10.2. The molecule has 5 nitrogen and oxygen atoms in total. The molecule has 3 rings (SSSR count). The Morgan fingerprint density at radius 2 is 1.83 bits per heavy atom. The molecule has 124 valence electrons. The summed E-state index contributed by atoms with van der Waals surface area (Å²) in [7, 11) is 0. The first-order valence-corrected chi connectivity index (χ1v) is 7.15. The van der Waals surface area contributed by atoms with Crippen LogP contribution in [0.3, 0.4) is 0 Å². The van der Waals surface area contributed by atoms with Crippen molar-refractivity contribution in [2.75, 3.05) is 18.5 Å². The van der Waals surface area contributed by atoms with Crippen LogP contribution in [0.1, 0.15) is 5.69 Å². The molecule has 2 heterocycles. The topological polar surface area (TPSA) is 59.9 Å². The maximum atomic E-state index is 12.6. The summed E-state index contributed by atoms with van der Waals surface area (Å²) in [4.78, 5) is 11.7. The number of nitrogens with one attached hydrogen (secondary N) is 1. The molecule has 0 atom stereocenters. The first-order valence-electron chi connectivity index (χ1n) is 7.15. The predicted octanol–water partition coefficient (Wildman–Crippen LogP) is 3.53. The second kappa shape index (κ2) is 6.69. The minimum absolute atomic E-state index is 0.0702. The van der Waals surface area contributed by atoms with E-state index < -0.39 is 11.9 Å². The van der Waals surface area contributed by atoms with Crippen molar-refractivity contribution in [2.45, 2.75) is 6.18 Å². The van der Waals surface area contributed by atoms with Crippen molar-refractivity contribution in [3.05, 3.63) is 54.5 Å². The summed E-state index contributed by atoms with van der Waals surface area (Å²) in [5, 5.41) is 3.94. The van der Waals surface area contributed by atoms with E-state index in [0.29, 0.717) is 12.4 Å². The van der Waals surface area contributed by atoms with Crippen molar-refractivity contribution in [2.24, 2.45) is 0 Å². The number of rotatable bonds is 5. The van der Waals surface area contributed by atoms with Gasteiger partial charge in [-0.15, -0.1) is 0 Å². The SMILES string of the molecule is FC(F)(F)c1cccc(OCCNc2ncnc3ccccc23)n1. The van der Waals surface area contributed by atoms with Crippen LogP contribution in [0.2, 0.25) is 0 Å². The average Bonchev–Trinajstić information content (AvgIpc) is 2.58. The van der Waals surface area contributed by atoms with Crippen LogP contribution >= 0.6 is 0 Å². The Labute approximate surface area is 135 Å². The molecule has 0 saturated heterocycles. The molecule has 0 radical (unpaired) electrons. The summed E-state index contributed by atoms with van der Waals surface area (Å²) >= 11 is 0. The van der Waals surface area contributed by atoms with Gasteiger partial charge in [-0.2, -0.15) is 13.2 Å². The van der Waals surface area contributed by atoms with Crippen LogP contribution in [0.5, 0.6) is 5.88 Å². The standard InChI is InChI=1S/C16H13F3N4O/c17-16(18,19)13-6-3-7-14(23-13)24-9-8-20-15-11-4-1-2-5-12(11)21-10-22-15/h1-7,10H,8-9H2,(H,20,21,22). The summed E-state index contributed by atoms with van der Waals surface area (Å²) in [5.74, 6) is 0.570. The van der Waals surface area contributed by atoms with E-state index in [0.717, 1.165) is 17.0 Å². The van der Waals surface area contributed by atoms with Crippen molar-refractivity contribution >= 4 is 16.7 Å². The Balaban J connectivity index is 1.59. The highest BCUT2D eigenvalue weighted by molar-refractivity contribution is 5.88. The van der Waals surface area contributed by atoms with Gasteiger partial charge < -0.3 is 10.1 Å². The number of alkyl halides is 3. The number of hydrogen-bond acceptors (Lipinski definition) is 5. The normalized spacial score (nSPS) is 11.5. The highest BCUT2D eigenvalue weighted by Gasteiger charge is 2.32. The largest absolute Gasteiger partial charge is 0.476 e. The van der Waals surface area contributed by atoms with E-state index in [9.17, 15) is 13.2 Å². The van der Waals surface area contributed by atoms with E-state index in [1.807, 2.05) is 24.3 Å². The number of halogens is 3. The number of ether oxygens (including phenoxy) is 1. The van der Waals surface area contributed by atoms with Gasteiger partial charge in [0.05, 0.1) is 12.1 Å². The number of aromatic nitrogens is 3. The quantitative estimate of drug-likeness (QED) is 0.723. The molecule has 24 heavy (non-hydrogen) atoms.